The van der Waals surface area contributed by atoms with Crippen LogP contribution in [-0.4, -0.2) is 23.1 Å². The first-order valence-electron chi connectivity index (χ1n) is 8.13. The van der Waals surface area contributed by atoms with Gasteiger partial charge >= 0.3 is 11.9 Å². The average Bonchev–Trinajstić information content (AvgIpc) is 2.60. The summed E-state index contributed by atoms with van der Waals surface area (Å²) in [5.74, 6) is 5.82. The van der Waals surface area contributed by atoms with Crippen LogP contribution >= 0.6 is 0 Å². The summed E-state index contributed by atoms with van der Waals surface area (Å²) < 4.78 is 19.1. The van der Waals surface area contributed by atoms with E-state index in [-0.39, 0.29) is 17.2 Å². The summed E-state index contributed by atoms with van der Waals surface area (Å²) >= 11 is 0. The molecule has 0 spiro atoms. The largest absolute Gasteiger partial charge is 0.481 e. The highest BCUT2D eigenvalue weighted by atomic mass is 19.1. The Morgan fingerprint density at radius 3 is 2.37 bits per heavy atom. The van der Waals surface area contributed by atoms with Crippen molar-refractivity contribution < 1.29 is 23.8 Å². The minimum atomic E-state index is -1.11. The fourth-order valence-electron chi connectivity index (χ4n) is 2.26. The maximum Gasteiger partial charge on any atom is 0.338 e. The van der Waals surface area contributed by atoms with Crippen molar-refractivity contribution in [1.82, 2.24) is 0 Å². The van der Waals surface area contributed by atoms with Crippen molar-refractivity contribution in [2.24, 2.45) is 0 Å². The Morgan fingerprint density at radius 1 is 1.11 bits per heavy atom. The number of ether oxygens (including phenoxy) is 1. The predicted molar refractivity (Wildman–Crippen MR) is 98.6 cm³/mol. The lowest BCUT2D eigenvalue weighted by Crippen LogP contribution is -2.12. The monoisotopic (exact) mass is 364 g/mol. The van der Waals surface area contributed by atoms with Crippen LogP contribution in [0.5, 0.6) is 0 Å². The van der Waals surface area contributed by atoms with Crippen molar-refractivity contribution >= 4 is 11.9 Å². The number of benzene rings is 2. The lowest BCUT2D eigenvalue weighted by atomic mass is 10.0. The van der Waals surface area contributed by atoms with E-state index in [1.54, 1.807) is 26.0 Å². The van der Waals surface area contributed by atoms with Crippen molar-refractivity contribution in [2.45, 2.75) is 26.4 Å². The highest BCUT2D eigenvalue weighted by Crippen LogP contribution is 2.13. The zero-order valence-electron chi connectivity index (χ0n) is 14.9. The quantitative estimate of drug-likeness (QED) is 0.667. The van der Waals surface area contributed by atoms with Crippen LogP contribution in [0.15, 0.2) is 36.4 Å². The van der Waals surface area contributed by atoms with E-state index < -0.39 is 24.2 Å². The molecule has 0 saturated heterocycles. The van der Waals surface area contributed by atoms with Crippen LogP contribution < -0.4 is 0 Å². The molecule has 2 rings (SSSR count). The molecule has 0 aliphatic rings. The molecule has 0 aliphatic heterocycles. The average molecular weight is 364 g/mol. The van der Waals surface area contributed by atoms with E-state index in [1.807, 2.05) is 0 Å². The third kappa shape index (κ3) is 5.73. The van der Waals surface area contributed by atoms with Gasteiger partial charge in [-0.2, -0.15) is 0 Å². The van der Waals surface area contributed by atoms with Gasteiger partial charge in [-0.15, -0.1) is 6.42 Å². The van der Waals surface area contributed by atoms with Gasteiger partial charge in [-0.25, -0.2) is 9.18 Å². The summed E-state index contributed by atoms with van der Waals surface area (Å²) in [4.78, 5) is 22.8. The molecule has 5 heteroatoms. The van der Waals surface area contributed by atoms with Crippen LogP contribution in [0.3, 0.4) is 0 Å². The number of halogens is 1. The number of carboxylic acids is 1. The number of carbonyl (C=O) groups excluding carboxylic acids is 1. The first-order chi connectivity index (χ1) is 12.8. The number of aliphatic carboxylic acids is 1. The zero-order valence-corrected chi connectivity index (χ0v) is 14.9. The van der Waals surface area contributed by atoms with Crippen LogP contribution in [0, 0.1) is 30.0 Å². The first kappa shape index (κ1) is 19.8. The molecule has 4 nitrogen and oxygen atoms in total. The molecule has 2 aromatic rings. The van der Waals surface area contributed by atoms with E-state index >= 15 is 0 Å². The summed E-state index contributed by atoms with van der Waals surface area (Å²) in [6.45, 7) is 3.48. The molecule has 0 saturated carbocycles. The highest BCUT2D eigenvalue weighted by molar-refractivity contribution is 5.90. The zero-order chi connectivity index (χ0) is 20.0. The van der Waals surface area contributed by atoms with Gasteiger partial charge in [-0.1, -0.05) is 23.8 Å². The van der Waals surface area contributed by atoms with Crippen LogP contribution in [0.2, 0.25) is 0 Å². The molecule has 0 fully saturated rings. The molecule has 27 heavy (non-hydrogen) atoms. The number of hydrogen-bond donors (Lipinski definition) is 1. The van der Waals surface area contributed by atoms with Crippen molar-refractivity contribution in [3.63, 3.8) is 0 Å². The fraction of sp³-hybridized carbons (Fsp3) is 0.182. The first-order valence-corrected chi connectivity index (χ1v) is 8.13. The molecule has 0 bridgehead atoms. The Hall–Kier alpha value is -3.57. The second-order valence-electron chi connectivity index (χ2n) is 6.02. The SMILES string of the molecule is C#Cc1cc(C#Cc2ccc(CC(=O)O)c(F)c2)cc(C(=O)OC(C)C)c1. The molecule has 2 aromatic carbocycles. The van der Waals surface area contributed by atoms with E-state index in [0.717, 1.165) is 0 Å². The molecule has 136 valence electrons. The van der Waals surface area contributed by atoms with Gasteiger partial charge in [0, 0.05) is 16.7 Å². The predicted octanol–water partition coefficient (Wildman–Crippen LogP) is 3.40. The Kier molecular flexibility index (Phi) is 6.36. The number of carbonyl (C=O) groups is 2. The second-order valence-corrected chi connectivity index (χ2v) is 6.02. The van der Waals surface area contributed by atoms with Crippen LogP contribution in [-0.2, 0) is 16.0 Å². The number of terminal acetylenes is 1. The minimum Gasteiger partial charge on any atom is -0.481 e. The third-order valence-electron chi connectivity index (χ3n) is 3.42. The van der Waals surface area contributed by atoms with Crippen LogP contribution in [0.25, 0.3) is 0 Å². The molecular weight excluding hydrogens is 347 g/mol. The van der Waals surface area contributed by atoms with Crippen LogP contribution in [0.1, 0.15) is 46.5 Å². The fourth-order valence-corrected chi connectivity index (χ4v) is 2.26. The van der Waals surface area contributed by atoms with Crippen molar-refractivity contribution in [1.29, 1.82) is 0 Å². The highest BCUT2D eigenvalue weighted by Gasteiger charge is 2.11. The van der Waals surface area contributed by atoms with E-state index in [4.69, 9.17) is 16.3 Å². The summed E-state index contributed by atoms with van der Waals surface area (Å²) in [5, 5.41) is 8.74. The molecule has 0 aliphatic carbocycles. The maximum atomic E-state index is 13.9. The van der Waals surface area contributed by atoms with Gasteiger partial charge in [0.15, 0.2) is 0 Å². The molecule has 0 aromatic heterocycles. The summed E-state index contributed by atoms with van der Waals surface area (Å²) in [7, 11) is 0. The van der Waals surface area contributed by atoms with E-state index in [0.29, 0.717) is 16.7 Å². The van der Waals surface area contributed by atoms with Crippen molar-refractivity contribution in [3.05, 3.63) is 70.0 Å². The number of carboxylic acid groups (broad SMARTS) is 1. The minimum absolute atomic E-state index is 0.0843. The molecule has 0 radical (unpaired) electrons. The topological polar surface area (TPSA) is 63.6 Å². The lowest BCUT2D eigenvalue weighted by molar-refractivity contribution is -0.136. The maximum absolute atomic E-state index is 13.9. The second kappa shape index (κ2) is 8.69. The van der Waals surface area contributed by atoms with Gasteiger partial charge in [-0.05, 0) is 49.7 Å². The lowest BCUT2D eigenvalue weighted by Gasteiger charge is -2.08. The summed E-state index contributed by atoms with van der Waals surface area (Å²) in [6.07, 6.45) is 4.76. The molecular formula is C22H17FO4. The van der Waals surface area contributed by atoms with Crippen molar-refractivity contribution in [2.75, 3.05) is 0 Å². The molecule has 0 amide bonds. The van der Waals surface area contributed by atoms with Gasteiger partial charge in [0.25, 0.3) is 0 Å². The Labute approximate surface area is 157 Å². The number of rotatable bonds is 4. The number of esters is 1. The van der Waals surface area contributed by atoms with Gasteiger partial charge in [0.2, 0.25) is 0 Å². The van der Waals surface area contributed by atoms with E-state index in [2.05, 4.69) is 17.8 Å². The third-order valence-corrected chi connectivity index (χ3v) is 3.42. The van der Waals surface area contributed by atoms with Gasteiger partial charge < -0.3 is 9.84 Å². The molecule has 0 unspecified atom stereocenters. The summed E-state index contributed by atoms with van der Waals surface area (Å²) in [5.41, 5.74) is 1.70. The van der Waals surface area contributed by atoms with Crippen LogP contribution in [0.4, 0.5) is 4.39 Å². The van der Waals surface area contributed by atoms with Gasteiger partial charge in [0.1, 0.15) is 5.82 Å². The molecule has 1 N–H and O–H groups in total. The number of hydrogen-bond acceptors (Lipinski definition) is 3. The smallest absolute Gasteiger partial charge is 0.338 e. The Morgan fingerprint density at radius 2 is 1.78 bits per heavy atom. The van der Waals surface area contributed by atoms with Gasteiger partial charge in [-0.3, -0.25) is 4.79 Å². The normalized spacial score (nSPS) is 9.89. The standard InChI is InChI=1S/C22H17FO4/c1-4-15-9-17(11-19(10-15)22(26)27-14(2)3)6-5-16-7-8-18(13-21(24)25)20(23)12-16/h1,7-12,14H,13H2,2-3H3,(H,24,25). The summed E-state index contributed by atoms with van der Waals surface area (Å²) in [6, 6.07) is 8.81. The molecule has 0 atom stereocenters. The van der Waals surface area contributed by atoms with Gasteiger partial charge in [0.05, 0.1) is 18.1 Å². The molecule has 0 heterocycles. The van der Waals surface area contributed by atoms with E-state index in [1.165, 1.54) is 24.3 Å². The van der Waals surface area contributed by atoms with E-state index in [9.17, 15) is 14.0 Å². The van der Waals surface area contributed by atoms with Crippen molar-refractivity contribution in [3.8, 4) is 24.2 Å². The Balaban J connectivity index is 2.33. The Bertz CT molecular complexity index is 988.